The first-order valence-corrected chi connectivity index (χ1v) is 4.22. The van der Waals surface area contributed by atoms with Crippen molar-refractivity contribution < 1.29 is 4.84 Å². The Bertz CT molecular complexity index is 244. The van der Waals surface area contributed by atoms with Crippen LogP contribution in [0.3, 0.4) is 0 Å². The zero-order valence-electron chi connectivity index (χ0n) is 8.03. The normalized spacial score (nSPS) is 9.92. The summed E-state index contributed by atoms with van der Waals surface area (Å²) in [6, 6.07) is 9.42. The van der Waals surface area contributed by atoms with Crippen molar-refractivity contribution in [1.82, 2.24) is 0 Å². The third-order valence-corrected chi connectivity index (χ3v) is 1.34. The molecule has 1 rings (SSSR count). The number of rotatable bonds is 2. The molecule has 0 aromatic heterocycles. The summed E-state index contributed by atoms with van der Waals surface area (Å²) in [6.45, 7) is 4.00. The van der Waals surface area contributed by atoms with Crippen molar-refractivity contribution in [2.75, 3.05) is 0 Å². The van der Waals surface area contributed by atoms with Crippen molar-refractivity contribution >= 4 is 5.76 Å². The first kappa shape index (κ1) is 11.5. The van der Waals surface area contributed by atoms with Gasteiger partial charge in [-0.3, -0.25) is 0 Å². The van der Waals surface area contributed by atoms with Gasteiger partial charge in [-0.2, -0.15) is 5.90 Å². The molecule has 13 heavy (non-hydrogen) atoms. The Labute approximate surface area is 79.0 Å². The summed E-state index contributed by atoms with van der Waals surface area (Å²) in [5.41, 5.74) is 6.12. The average molecular weight is 180 g/mol. The molecular formula is C10H16N2O. The third kappa shape index (κ3) is 3.62. The van der Waals surface area contributed by atoms with Crippen molar-refractivity contribution in [1.29, 1.82) is 0 Å². The number of hydrogen-bond acceptors (Lipinski definition) is 3. The van der Waals surface area contributed by atoms with Crippen LogP contribution in [0.15, 0.2) is 36.5 Å². The summed E-state index contributed by atoms with van der Waals surface area (Å²) in [4.78, 5) is 4.52. The molecule has 0 atom stereocenters. The maximum atomic E-state index is 5.25. The van der Waals surface area contributed by atoms with E-state index in [4.69, 9.17) is 11.6 Å². The molecule has 0 aliphatic rings. The molecule has 0 unspecified atom stereocenters. The molecule has 0 amide bonds. The zero-order valence-corrected chi connectivity index (χ0v) is 8.03. The van der Waals surface area contributed by atoms with Crippen LogP contribution >= 0.6 is 0 Å². The van der Waals surface area contributed by atoms with Gasteiger partial charge in [0.1, 0.15) is 0 Å². The van der Waals surface area contributed by atoms with Crippen LogP contribution in [0.25, 0.3) is 5.76 Å². The fourth-order valence-corrected chi connectivity index (χ4v) is 0.806. The van der Waals surface area contributed by atoms with E-state index in [1.807, 2.05) is 44.2 Å². The van der Waals surface area contributed by atoms with E-state index in [0.717, 1.165) is 5.56 Å². The highest BCUT2D eigenvalue weighted by Gasteiger charge is 1.97. The lowest BCUT2D eigenvalue weighted by Crippen LogP contribution is -2.00. The summed E-state index contributed by atoms with van der Waals surface area (Å²) >= 11 is 0. The minimum atomic E-state index is 0.477. The first-order valence-electron chi connectivity index (χ1n) is 4.22. The largest absolute Gasteiger partial charge is 0.409 e. The van der Waals surface area contributed by atoms with Gasteiger partial charge in [-0.1, -0.05) is 44.2 Å². The lowest BCUT2D eigenvalue weighted by atomic mass is 10.2. The molecule has 0 aliphatic carbocycles. The molecule has 72 valence electrons. The van der Waals surface area contributed by atoms with Crippen LogP contribution in [0.1, 0.15) is 19.4 Å². The SMILES string of the molecule is CC.N/C=C(\ON)c1ccccc1. The molecule has 1 aromatic carbocycles. The van der Waals surface area contributed by atoms with Gasteiger partial charge >= 0.3 is 0 Å². The fourth-order valence-electron chi connectivity index (χ4n) is 0.806. The van der Waals surface area contributed by atoms with Crippen molar-refractivity contribution in [2.45, 2.75) is 13.8 Å². The molecule has 0 saturated carbocycles. The van der Waals surface area contributed by atoms with E-state index in [2.05, 4.69) is 4.84 Å². The standard InChI is InChI=1S/C8H10N2O.C2H6/c9-6-8(11-10)7-4-2-1-3-5-7;1-2/h1-6H,9-10H2;1-2H3/b8-6-;. The monoisotopic (exact) mass is 180 g/mol. The fraction of sp³-hybridized carbons (Fsp3) is 0.200. The Hall–Kier alpha value is -1.48. The molecule has 0 spiro atoms. The van der Waals surface area contributed by atoms with Crippen molar-refractivity contribution in [3.63, 3.8) is 0 Å². The van der Waals surface area contributed by atoms with Gasteiger partial charge in [-0.05, 0) is 0 Å². The highest BCUT2D eigenvalue weighted by molar-refractivity contribution is 5.58. The lowest BCUT2D eigenvalue weighted by Gasteiger charge is -2.02. The molecule has 0 bridgehead atoms. The van der Waals surface area contributed by atoms with Gasteiger partial charge in [0.25, 0.3) is 0 Å². The highest BCUT2D eigenvalue weighted by atomic mass is 16.6. The summed E-state index contributed by atoms with van der Waals surface area (Å²) in [5.74, 6) is 5.44. The van der Waals surface area contributed by atoms with E-state index in [9.17, 15) is 0 Å². The Morgan fingerprint density at radius 2 is 1.77 bits per heavy atom. The van der Waals surface area contributed by atoms with E-state index in [1.165, 1.54) is 6.20 Å². The molecule has 3 heteroatoms. The van der Waals surface area contributed by atoms with Crippen LogP contribution in [0, 0.1) is 0 Å². The molecule has 1 aromatic rings. The number of hydrogen-bond donors (Lipinski definition) is 2. The van der Waals surface area contributed by atoms with Crippen molar-refractivity contribution in [3.05, 3.63) is 42.1 Å². The minimum Gasteiger partial charge on any atom is -0.409 e. The molecular weight excluding hydrogens is 164 g/mol. The van der Waals surface area contributed by atoms with Crippen LogP contribution in [0.2, 0.25) is 0 Å². The van der Waals surface area contributed by atoms with Gasteiger partial charge in [0.05, 0.1) is 0 Å². The van der Waals surface area contributed by atoms with E-state index >= 15 is 0 Å². The van der Waals surface area contributed by atoms with Crippen LogP contribution in [0.5, 0.6) is 0 Å². The van der Waals surface area contributed by atoms with Crippen molar-refractivity contribution in [3.8, 4) is 0 Å². The Balaban J connectivity index is 0.000000671. The van der Waals surface area contributed by atoms with E-state index in [1.54, 1.807) is 0 Å². The second kappa shape index (κ2) is 7.18. The van der Waals surface area contributed by atoms with Gasteiger partial charge in [0.2, 0.25) is 0 Å². The number of nitrogens with two attached hydrogens (primary N) is 2. The molecule has 0 fully saturated rings. The second-order valence-electron chi connectivity index (χ2n) is 2.01. The first-order chi connectivity index (χ1) is 6.38. The maximum absolute atomic E-state index is 5.25. The Morgan fingerprint density at radius 3 is 2.15 bits per heavy atom. The smallest absolute Gasteiger partial charge is 0.169 e. The van der Waals surface area contributed by atoms with Gasteiger partial charge in [0, 0.05) is 11.8 Å². The van der Waals surface area contributed by atoms with Gasteiger partial charge in [-0.25, -0.2) is 0 Å². The maximum Gasteiger partial charge on any atom is 0.169 e. The number of benzene rings is 1. The topological polar surface area (TPSA) is 61.3 Å². The molecule has 0 aliphatic heterocycles. The zero-order chi connectivity index (χ0) is 10.1. The molecule has 4 N–H and O–H groups in total. The molecule has 3 nitrogen and oxygen atoms in total. The summed E-state index contributed by atoms with van der Waals surface area (Å²) in [7, 11) is 0. The summed E-state index contributed by atoms with van der Waals surface area (Å²) < 4.78 is 0. The molecule has 0 saturated heterocycles. The predicted octanol–water partition coefficient (Wildman–Crippen LogP) is 1.86. The predicted molar refractivity (Wildman–Crippen MR) is 55.2 cm³/mol. The second-order valence-corrected chi connectivity index (χ2v) is 2.01. The highest BCUT2D eigenvalue weighted by Crippen LogP contribution is 2.10. The van der Waals surface area contributed by atoms with E-state index in [-0.39, 0.29) is 0 Å². The summed E-state index contributed by atoms with van der Waals surface area (Å²) in [5, 5.41) is 0. The third-order valence-electron chi connectivity index (χ3n) is 1.34. The quantitative estimate of drug-likeness (QED) is 0.539. The molecule has 0 heterocycles. The Kier molecular flexibility index (Phi) is 6.37. The van der Waals surface area contributed by atoms with Crippen LogP contribution in [0.4, 0.5) is 0 Å². The van der Waals surface area contributed by atoms with Gasteiger partial charge in [0.15, 0.2) is 5.76 Å². The minimum absolute atomic E-state index is 0.477. The van der Waals surface area contributed by atoms with Crippen molar-refractivity contribution in [2.24, 2.45) is 11.6 Å². The Morgan fingerprint density at radius 1 is 1.23 bits per heavy atom. The van der Waals surface area contributed by atoms with Crippen LogP contribution in [-0.4, -0.2) is 0 Å². The van der Waals surface area contributed by atoms with Crippen LogP contribution in [-0.2, 0) is 4.84 Å². The van der Waals surface area contributed by atoms with Gasteiger partial charge < -0.3 is 10.6 Å². The van der Waals surface area contributed by atoms with E-state index in [0.29, 0.717) is 5.76 Å². The van der Waals surface area contributed by atoms with Crippen LogP contribution < -0.4 is 11.6 Å². The molecule has 0 radical (unpaired) electrons. The average Bonchev–Trinajstić information content (AvgIpc) is 2.24. The van der Waals surface area contributed by atoms with E-state index < -0.39 is 0 Å². The summed E-state index contributed by atoms with van der Waals surface area (Å²) in [6.07, 6.45) is 1.33. The van der Waals surface area contributed by atoms with Gasteiger partial charge in [-0.15, -0.1) is 0 Å². The lowest BCUT2D eigenvalue weighted by molar-refractivity contribution is 0.290.